The lowest BCUT2D eigenvalue weighted by molar-refractivity contribution is -0.135. The highest BCUT2D eigenvalue weighted by atomic mass is 16.2. The smallest absolute Gasteiger partial charge is 0.243 e. The Kier molecular flexibility index (Phi) is 18.8. The molecule has 0 unspecified atom stereocenters. The molecule has 0 aliphatic rings. The summed E-state index contributed by atoms with van der Waals surface area (Å²) in [5.74, 6) is -4.94. The Bertz CT molecular complexity index is 2580. The molecule has 5 aromatic rings. The van der Waals surface area contributed by atoms with Crippen molar-refractivity contribution in [2.45, 2.75) is 116 Å². The molecule has 370 valence electrons. The molecule has 21 nitrogen and oxygen atoms in total. The summed E-state index contributed by atoms with van der Waals surface area (Å²) in [6.07, 6.45) is 7.00. The van der Waals surface area contributed by atoms with Crippen molar-refractivity contribution in [1.82, 2.24) is 51.8 Å². The van der Waals surface area contributed by atoms with Gasteiger partial charge in [-0.25, -0.2) is 4.98 Å². The van der Waals surface area contributed by atoms with E-state index in [0.29, 0.717) is 17.7 Å². The highest BCUT2D eigenvalue weighted by molar-refractivity contribution is 5.98. The van der Waals surface area contributed by atoms with Crippen LogP contribution in [0.15, 0.2) is 78.4 Å². The number of hydrogen-bond donors (Lipinski definition) is 12. The van der Waals surface area contributed by atoms with Gasteiger partial charge in [0.2, 0.25) is 41.4 Å². The minimum atomic E-state index is -1.33. The second-order valence-corrected chi connectivity index (χ2v) is 18.1. The molecule has 21 heteroatoms. The van der Waals surface area contributed by atoms with Gasteiger partial charge in [0.1, 0.15) is 36.3 Å². The van der Waals surface area contributed by atoms with Crippen LogP contribution in [0, 0.1) is 11.8 Å². The number of rotatable bonds is 26. The zero-order valence-electron chi connectivity index (χ0n) is 39.7. The Balaban J connectivity index is 1.40. The maximum absolute atomic E-state index is 14.5. The van der Waals surface area contributed by atoms with E-state index in [9.17, 15) is 33.6 Å². The van der Waals surface area contributed by atoms with Crippen molar-refractivity contribution in [3.05, 3.63) is 90.3 Å². The predicted octanol–water partition coefficient (Wildman–Crippen LogP) is 0.960. The van der Waals surface area contributed by atoms with Gasteiger partial charge in [-0.15, -0.1) is 0 Å². The normalized spacial score (nSPS) is 14.0. The topological polar surface area (TPSA) is 342 Å². The van der Waals surface area contributed by atoms with Crippen LogP contribution in [0.25, 0.3) is 21.8 Å². The third-order valence-electron chi connectivity index (χ3n) is 11.4. The zero-order chi connectivity index (χ0) is 50.2. The number of benzene rings is 2. The quantitative estimate of drug-likeness (QED) is 0.0212. The Morgan fingerprint density at radius 1 is 0.580 bits per heavy atom. The number of guanidine groups is 1. The lowest BCUT2D eigenvalue weighted by atomic mass is 10.00. The molecule has 3 heterocycles. The molecular weight excluding hydrogens is 885 g/mol. The van der Waals surface area contributed by atoms with Gasteiger partial charge < -0.3 is 64.1 Å². The molecule has 2 aromatic carbocycles. The van der Waals surface area contributed by atoms with E-state index in [4.69, 9.17) is 17.2 Å². The molecule has 3 aromatic heterocycles. The molecule has 0 fully saturated rings. The number of imidazole rings is 1. The first kappa shape index (κ1) is 52.3. The number of aliphatic imine (C=N–C) groups is 1. The number of carbonyl (C=O) groups is 7. The number of aromatic nitrogens is 4. The molecule has 6 atom stereocenters. The Hall–Kier alpha value is -7.71. The van der Waals surface area contributed by atoms with Gasteiger partial charge in [0.25, 0.3) is 0 Å². The van der Waals surface area contributed by atoms with Crippen molar-refractivity contribution in [2.75, 3.05) is 6.54 Å². The number of amides is 7. The van der Waals surface area contributed by atoms with Crippen LogP contribution in [-0.2, 0) is 52.8 Å². The van der Waals surface area contributed by atoms with Gasteiger partial charge in [0.05, 0.1) is 6.33 Å². The van der Waals surface area contributed by atoms with Crippen LogP contribution in [0.4, 0.5) is 0 Å². The number of H-pyrrole nitrogens is 3. The van der Waals surface area contributed by atoms with Crippen LogP contribution >= 0.6 is 0 Å². The number of nitrogens with two attached hydrogens (primary N) is 3. The molecule has 0 aliphatic heterocycles. The number of carbonyl (C=O) groups excluding carboxylic acids is 7. The van der Waals surface area contributed by atoms with Crippen molar-refractivity contribution < 1.29 is 33.6 Å². The standard InChI is InChI=1S/C48H66N14O7/c1-26(2)17-38(57-28(5)63)44(66)61-40(20-30-23-55-35-14-9-7-12-33(30)35)46(68)58-36(15-10-16-53-48(50)51)43(65)62-41(21-31-24-52-25-56-31)47(69)60-39(18-27(3)4)45(67)59-37(42(49)64)19-29-22-54-34-13-8-6-11-32(29)34/h6-9,11-14,22-27,36-41,54-55H,10,15-21H2,1-5H3,(H2,49,64)(H,52,56)(H,57,63)(H,58,68)(H,59,67)(H,60,69)(H,61,66)(H,62,65)(H4,50,51,53)/t36-,37-,38-,39-,40-,41-/m1/s1. The van der Waals surface area contributed by atoms with E-state index in [2.05, 4.69) is 56.8 Å². The van der Waals surface area contributed by atoms with E-state index < -0.39 is 77.6 Å². The average molecular weight is 951 g/mol. The number of primary amides is 1. The fourth-order valence-corrected chi connectivity index (χ4v) is 8.08. The Morgan fingerprint density at radius 3 is 1.52 bits per heavy atom. The molecule has 0 saturated heterocycles. The van der Waals surface area contributed by atoms with Gasteiger partial charge in [-0.05, 0) is 60.8 Å². The maximum Gasteiger partial charge on any atom is 0.243 e. The lowest BCUT2D eigenvalue weighted by Crippen LogP contribution is -2.60. The first-order chi connectivity index (χ1) is 32.9. The summed E-state index contributed by atoms with van der Waals surface area (Å²) in [4.78, 5) is 114. The average Bonchev–Trinajstić information content (AvgIpc) is 4.06. The minimum absolute atomic E-state index is 0.000939. The molecule has 69 heavy (non-hydrogen) atoms. The van der Waals surface area contributed by atoms with Crippen molar-refractivity contribution in [3.63, 3.8) is 0 Å². The fourth-order valence-electron chi connectivity index (χ4n) is 8.08. The first-order valence-corrected chi connectivity index (χ1v) is 23.1. The number of para-hydroxylation sites is 2. The molecule has 0 radical (unpaired) electrons. The molecule has 0 aliphatic carbocycles. The lowest BCUT2D eigenvalue weighted by Gasteiger charge is -2.28. The number of nitrogens with one attached hydrogen (secondary N) is 9. The van der Waals surface area contributed by atoms with Crippen LogP contribution < -0.4 is 49.1 Å². The summed E-state index contributed by atoms with van der Waals surface area (Å²) in [6.45, 7) is 8.92. The number of hydrogen-bond acceptors (Lipinski definition) is 9. The molecule has 7 amide bonds. The van der Waals surface area contributed by atoms with Gasteiger partial charge in [0.15, 0.2) is 5.96 Å². The third-order valence-corrected chi connectivity index (χ3v) is 11.4. The Labute approximate surface area is 400 Å². The molecule has 0 bridgehead atoms. The second kappa shape index (κ2) is 24.9. The first-order valence-electron chi connectivity index (χ1n) is 23.1. The summed E-state index contributed by atoms with van der Waals surface area (Å²) in [6, 6.07) is 7.83. The molecule has 15 N–H and O–H groups in total. The van der Waals surface area contributed by atoms with E-state index in [1.54, 1.807) is 12.4 Å². The highest BCUT2D eigenvalue weighted by Gasteiger charge is 2.34. The van der Waals surface area contributed by atoms with Crippen molar-refractivity contribution in [1.29, 1.82) is 0 Å². The van der Waals surface area contributed by atoms with E-state index in [0.717, 1.165) is 27.4 Å². The largest absolute Gasteiger partial charge is 0.370 e. The van der Waals surface area contributed by atoms with Gasteiger partial charge >= 0.3 is 0 Å². The van der Waals surface area contributed by atoms with Gasteiger partial charge in [-0.2, -0.15) is 0 Å². The molecular formula is C48H66N14O7. The summed E-state index contributed by atoms with van der Waals surface area (Å²) in [7, 11) is 0. The van der Waals surface area contributed by atoms with Gasteiger partial charge in [0, 0.05) is 78.8 Å². The van der Waals surface area contributed by atoms with Crippen molar-refractivity contribution in [3.8, 4) is 0 Å². The maximum atomic E-state index is 14.5. The van der Waals surface area contributed by atoms with Gasteiger partial charge in [-0.3, -0.25) is 38.6 Å². The third kappa shape index (κ3) is 15.7. The van der Waals surface area contributed by atoms with Crippen LogP contribution in [0.1, 0.15) is 77.1 Å². The van der Waals surface area contributed by atoms with Crippen LogP contribution in [0.2, 0.25) is 0 Å². The van der Waals surface area contributed by atoms with Crippen LogP contribution in [0.3, 0.4) is 0 Å². The molecule has 0 saturated carbocycles. The van der Waals surface area contributed by atoms with E-state index >= 15 is 0 Å². The van der Waals surface area contributed by atoms with E-state index in [1.165, 1.54) is 19.4 Å². The summed E-state index contributed by atoms with van der Waals surface area (Å²) in [5.41, 5.74) is 20.5. The SMILES string of the molecule is CC(=O)N[C@H](CC(C)C)C(=O)N[C@H](Cc1c[nH]c2ccccc12)C(=O)N[C@H](CCCN=C(N)N)C(=O)N[C@H](Cc1cnc[nH]1)C(=O)N[C@H](CC(C)C)C(=O)N[C@H](Cc1c[nH]c2ccccc12)C(N)=O. The van der Waals surface area contributed by atoms with Gasteiger partial charge in [-0.1, -0.05) is 64.1 Å². The number of fused-ring (bicyclic) bond motifs is 2. The van der Waals surface area contributed by atoms with Crippen molar-refractivity contribution in [2.24, 2.45) is 34.0 Å². The van der Waals surface area contributed by atoms with E-state index in [1.807, 2.05) is 76.2 Å². The summed E-state index contributed by atoms with van der Waals surface area (Å²) >= 11 is 0. The van der Waals surface area contributed by atoms with Crippen LogP contribution in [-0.4, -0.2) is 110 Å². The summed E-state index contributed by atoms with van der Waals surface area (Å²) in [5, 5.41) is 18.3. The number of nitrogens with zero attached hydrogens (tertiary/aromatic N) is 2. The second-order valence-electron chi connectivity index (χ2n) is 18.1. The summed E-state index contributed by atoms with van der Waals surface area (Å²) < 4.78 is 0. The minimum Gasteiger partial charge on any atom is -0.370 e. The molecule has 5 rings (SSSR count). The van der Waals surface area contributed by atoms with Crippen LogP contribution in [0.5, 0.6) is 0 Å². The molecule has 0 spiro atoms. The van der Waals surface area contributed by atoms with E-state index in [-0.39, 0.29) is 62.9 Å². The fraction of sp³-hybridized carbons (Fsp3) is 0.438. The van der Waals surface area contributed by atoms with Crippen molar-refractivity contribution >= 4 is 69.1 Å². The Morgan fingerprint density at radius 2 is 1.03 bits per heavy atom. The monoisotopic (exact) mass is 951 g/mol. The predicted molar refractivity (Wildman–Crippen MR) is 262 cm³/mol. The highest BCUT2D eigenvalue weighted by Crippen LogP contribution is 2.21. The zero-order valence-corrected chi connectivity index (χ0v) is 39.7. The number of aromatic amines is 3.